The van der Waals surface area contributed by atoms with Crippen molar-refractivity contribution in [2.75, 3.05) is 44.0 Å². The van der Waals surface area contributed by atoms with Gasteiger partial charge in [-0.15, -0.1) is 4.68 Å². The summed E-state index contributed by atoms with van der Waals surface area (Å²) in [6.45, 7) is 9.74. The quantitative estimate of drug-likeness (QED) is 0.263. The van der Waals surface area contributed by atoms with E-state index in [2.05, 4.69) is 10.00 Å². The molecule has 0 atom stereocenters. The molecule has 0 amide bonds. The molecular weight excluding hydrogens is 588 g/mol. The standard InChI is InChI=1S/C25H31F3N5O3.C2HF3O2/c1-15-10-17(25(26,27)28)13-21-32(30-23(29)33(15)21)14-20(34)16-11-18(24(2,3)4)22(35-5)19(12-16)31-6-8-36-9-7-31;3-2(4,5)1(6)7/h10-13H,6-9,14H2,1-5H3,(H2,29,30);(H,6,7)/q+1;/p-1. The minimum atomic E-state index is -5.19. The van der Waals surface area contributed by atoms with Gasteiger partial charge in [0.2, 0.25) is 5.65 Å². The molecule has 4 rings (SSSR count). The lowest BCUT2D eigenvalue weighted by molar-refractivity contribution is -0.504. The van der Waals surface area contributed by atoms with E-state index in [0.717, 1.165) is 23.4 Å². The SMILES string of the molecule is COc1c(N2CCOCC2)cc(C(=O)Cn2nc(N)[n+]3c(C)cc(C(F)(F)F)cc23)cc1C(C)(C)C.O=C([O-])C(F)(F)F. The highest BCUT2D eigenvalue weighted by molar-refractivity contribution is 5.98. The number of morpholine rings is 1. The number of methoxy groups -OCH3 is 1. The van der Waals surface area contributed by atoms with Crippen LogP contribution in [0.1, 0.15) is 48.0 Å². The first kappa shape index (κ1) is 33.4. The fourth-order valence-electron chi connectivity index (χ4n) is 4.52. The lowest BCUT2D eigenvalue weighted by Gasteiger charge is -2.33. The fraction of sp³-hybridized carbons (Fsp3) is 0.481. The third kappa shape index (κ3) is 7.66. The minimum Gasteiger partial charge on any atom is -0.542 e. The fourth-order valence-corrected chi connectivity index (χ4v) is 4.52. The van der Waals surface area contributed by atoms with Gasteiger partial charge in [0.25, 0.3) is 0 Å². The van der Waals surface area contributed by atoms with Crippen molar-refractivity contribution in [3.8, 4) is 5.75 Å². The molecular formula is C27H31F6N5O5. The first-order chi connectivity index (χ1) is 19.8. The summed E-state index contributed by atoms with van der Waals surface area (Å²) in [5.41, 5.74) is 7.24. The molecule has 1 saturated heterocycles. The molecule has 1 aliphatic rings. The van der Waals surface area contributed by atoms with Gasteiger partial charge < -0.3 is 30.0 Å². The Bertz CT molecular complexity index is 1510. The number of hydrogen-bond acceptors (Lipinski definition) is 8. The second-order valence-corrected chi connectivity index (χ2v) is 10.7. The molecule has 43 heavy (non-hydrogen) atoms. The van der Waals surface area contributed by atoms with Gasteiger partial charge in [0.1, 0.15) is 11.7 Å². The Morgan fingerprint density at radius 2 is 1.65 bits per heavy atom. The van der Waals surface area contributed by atoms with Gasteiger partial charge in [-0.1, -0.05) is 20.8 Å². The zero-order valence-corrected chi connectivity index (χ0v) is 24.0. The molecule has 0 unspecified atom stereocenters. The Hall–Kier alpha value is -4.08. The van der Waals surface area contributed by atoms with Gasteiger partial charge in [-0.2, -0.15) is 30.7 Å². The third-order valence-corrected chi connectivity index (χ3v) is 6.55. The summed E-state index contributed by atoms with van der Waals surface area (Å²) >= 11 is 0. The van der Waals surface area contributed by atoms with Crippen LogP contribution in [0, 0.1) is 6.92 Å². The van der Waals surface area contributed by atoms with Crippen molar-refractivity contribution in [1.29, 1.82) is 0 Å². The summed E-state index contributed by atoms with van der Waals surface area (Å²) in [6.07, 6.45) is -9.74. The van der Waals surface area contributed by atoms with Crippen molar-refractivity contribution < 1.29 is 54.9 Å². The van der Waals surface area contributed by atoms with Crippen LogP contribution in [-0.2, 0) is 27.7 Å². The predicted octanol–water partition coefficient (Wildman–Crippen LogP) is 2.86. The number of aryl methyl sites for hydroxylation is 1. The van der Waals surface area contributed by atoms with Crippen molar-refractivity contribution in [2.24, 2.45) is 0 Å². The highest BCUT2D eigenvalue weighted by Crippen LogP contribution is 2.40. The van der Waals surface area contributed by atoms with Gasteiger partial charge in [-0.05, 0) is 30.5 Å². The van der Waals surface area contributed by atoms with Gasteiger partial charge in [0, 0.05) is 35.4 Å². The number of carbonyl (C=O) groups is 2. The van der Waals surface area contributed by atoms with Crippen molar-refractivity contribution in [1.82, 2.24) is 9.78 Å². The average molecular weight is 620 g/mol. The second-order valence-electron chi connectivity index (χ2n) is 10.7. The number of aromatic nitrogens is 3. The first-order valence-corrected chi connectivity index (χ1v) is 12.9. The Morgan fingerprint density at radius 3 is 2.14 bits per heavy atom. The molecule has 16 heteroatoms. The molecule has 3 aromatic rings. The van der Waals surface area contributed by atoms with Gasteiger partial charge in [0.15, 0.2) is 12.3 Å². The van der Waals surface area contributed by atoms with Crippen molar-refractivity contribution in [3.05, 3.63) is 46.6 Å². The summed E-state index contributed by atoms with van der Waals surface area (Å²) < 4.78 is 85.8. The topological polar surface area (TPSA) is 127 Å². The molecule has 236 valence electrons. The van der Waals surface area contributed by atoms with E-state index >= 15 is 0 Å². The van der Waals surface area contributed by atoms with Crippen LogP contribution in [0.15, 0.2) is 24.3 Å². The van der Waals surface area contributed by atoms with Crippen LogP contribution in [-0.4, -0.2) is 61.1 Å². The highest BCUT2D eigenvalue weighted by atomic mass is 19.4. The van der Waals surface area contributed by atoms with E-state index < -0.39 is 23.9 Å². The summed E-state index contributed by atoms with van der Waals surface area (Å²) in [6, 6.07) is 5.53. The number of aliphatic carboxylic acids is 1. The van der Waals surface area contributed by atoms with Crippen molar-refractivity contribution >= 4 is 29.0 Å². The monoisotopic (exact) mass is 619 g/mol. The Balaban J connectivity index is 0.000000646. The van der Waals surface area contributed by atoms with Gasteiger partial charge >= 0.3 is 18.3 Å². The number of nitrogen functional groups attached to an aromatic ring is 1. The Morgan fingerprint density at radius 1 is 1.07 bits per heavy atom. The van der Waals surface area contributed by atoms with Crippen LogP contribution < -0.4 is 24.9 Å². The third-order valence-electron chi connectivity index (χ3n) is 6.55. The van der Waals surface area contributed by atoms with E-state index in [1.54, 1.807) is 19.2 Å². The molecule has 10 nitrogen and oxygen atoms in total. The van der Waals surface area contributed by atoms with E-state index in [-0.39, 0.29) is 35.0 Å². The largest absolute Gasteiger partial charge is 0.542 e. The molecule has 1 aliphatic heterocycles. The van der Waals surface area contributed by atoms with Crippen LogP contribution in [0.2, 0.25) is 0 Å². The van der Waals surface area contributed by atoms with Crippen LogP contribution >= 0.6 is 0 Å². The first-order valence-electron chi connectivity index (χ1n) is 12.9. The number of carboxylic acid groups (broad SMARTS) is 1. The lowest BCUT2D eigenvalue weighted by Crippen LogP contribution is -2.37. The molecule has 0 radical (unpaired) electrons. The molecule has 0 saturated carbocycles. The van der Waals surface area contributed by atoms with Gasteiger partial charge in [-0.3, -0.25) is 4.79 Å². The van der Waals surface area contributed by atoms with Gasteiger partial charge in [-0.25, -0.2) is 0 Å². The van der Waals surface area contributed by atoms with Crippen LogP contribution in [0.5, 0.6) is 5.75 Å². The number of fused-ring (bicyclic) bond motifs is 1. The molecule has 3 heterocycles. The second kappa shape index (κ2) is 12.3. The highest BCUT2D eigenvalue weighted by Gasteiger charge is 2.34. The maximum Gasteiger partial charge on any atom is 0.430 e. The number of rotatable bonds is 5. The van der Waals surface area contributed by atoms with Crippen molar-refractivity contribution in [3.63, 3.8) is 0 Å². The maximum atomic E-state index is 13.5. The number of carbonyl (C=O) groups excluding carboxylic acids is 2. The van der Waals surface area contributed by atoms with Crippen LogP contribution in [0.4, 0.5) is 38.0 Å². The summed E-state index contributed by atoms with van der Waals surface area (Å²) in [4.78, 5) is 24.4. The number of ketones is 1. The summed E-state index contributed by atoms with van der Waals surface area (Å²) in [5.74, 6) is -2.62. The van der Waals surface area contributed by atoms with Crippen LogP contribution in [0.3, 0.4) is 0 Å². The molecule has 0 aliphatic carbocycles. The Labute approximate surface area is 242 Å². The number of Topliss-reactive ketones (excluding diaryl/α,β-unsaturated/α-hetero) is 1. The molecule has 0 spiro atoms. The van der Waals surface area contributed by atoms with Crippen LogP contribution in [0.25, 0.3) is 5.65 Å². The molecule has 2 aromatic heterocycles. The number of carboxylic acids is 1. The zero-order valence-electron chi connectivity index (χ0n) is 24.0. The number of anilines is 2. The number of ether oxygens (including phenoxy) is 2. The molecule has 2 N–H and O–H groups in total. The summed E-state index contributed by atoms with van der Waals surface area (Å²) in [5, 5.41) is 13.0. The summed E-state index contributed by atoms with van der Waals surface area (Å²) in [7, 11) is 1.60. The number of pyridine rings is 1. The van der Waals surface area contributed by atoms with E-state index in [4.69, 9.17) is 25.1 Å². The number of alkyl halides is 6. The zero-order chi connectivity index (χ0) is 32.5. The maximum absolute atomic E-state index is 13.5. The van der Waals surface area contributed by atoms with E-state index in [0.29, 0.717) is 37.6 Å². The Kier molecular flexibility index (Phi) is 9.53. The molecule has 0 bridgehead atoms. The lowest BCUT2D eigenvalue weighted by atomic mass is 9.84. The number of nitrogens with two attached hydrogens (primary N) is 1. The number of halogens is 6. The van der Waals surface area contributed by atoms with Gasteiger partial charge in [0.05, 0.1) is 37.3 Å². The molecule has 1 fully saturated rings. The number of benzene rings is 1. The number of nitrogens with zero attached hydrogens (tertiary/aromatic N) is 4. The smallest absolute Gasteiger partial charge is 0.430 e. The number of hydrogen-bond donors (Lipinski definition) is 1. The minimum absolute atomic E-state index is 0.00291. The van der Waals surface area contributed by atoms with E-state index in [9.17, 15) is 31.1 Å². The average Bonchev–Trinajstić information content (AvgIpc) is 3.22. The predicted molar refractivity (Wildman–Crippen MR) is 140 cm³/mol. The normalized spacial score (nSPS) is 14.3. The molecule has 1 aromatic carbocycles. The van der Waals surface area contributed by atoms with Crippen molar-refractivity contribution in [2.45, 2.75) is 52.0 Å². The van der Waals surface area contributed by atoms with E-state index in [1.165, 1.54) is 16.0 Å². The van der Waals surface area contributed by atoms with E-state index in [1.807, 2.05) is 20.8 Å².